The lowest BCUT2D eigenvalue weighted by molar-refractivity contribution is -0.137. The van der Waals surface area contributed by atoms with E-state index in [-0.39, 0.29) is 18.9 Å². The summed E-state index contributed by atoms with van der Waals surface area (Å²) in [6.07, 6.45) is -3.93. The van der Waals surface area contributed by atoms with Crippen molar-refractivity contribution < 1.29 is 27.8 Å². The molecular formula is C20H20F3NO3. The molecule has 144 valence electrons. The molecule has 0 radical (unpaired) electrons. The van der Waals surface area contributed by atoms with E-state index in [2.05, 4.69) is 5.32 Å². The first-order chi connectivity index (χ1) is 12.8. The van der Waals surface area contributed by atoms with Crippen molar-refractivity contribution >= 4 is 5.91 Å². The molecule has 0 saturated carbocycles. The quantitative estimate of drug-likeness (QED) is 0.809. The van der Waals surface area contributed by atoms with Gasteiger partial charge in [0, 0.05) is 19.4 Å². The molecule has 2 aromatic carbocycles. The molecule has 2 N–H and O–H groups in total. The van der Waals surface area contributed by atoms with Crippen LogP contribution in [0.5, 0.6) is 5.75 Å². The molecule has 3 rings (SSSR count). The summed E-state index contributed by atoms with van der Waals surface area (Å²) in [6.45, 7) is 0.709. The van der Waals surface area contributed by atoms with Gasteiger partial charge in [0.05, 0.1) is 18.3 Å². The summed E-state index contributed by atoms with van der Waals surface area (Å²) in [6, 6.07) is 10.2. The number of rotatable bonds is 6. The van der Waals surface area contributed by atoms with Crippen LogP contribution in [0.25, 0.3) is 0 Å². The van der Waals surface area contributed by atoms with E-state index >= 15 is 0 Å². The zero-order chi connectivity index (χ0) is 19.4. The number of carbonyl (C=O) groups excluding carboxylic acids is 1. The van der Waals surface area contributed by atoms with Gasteiger partial charge in [0.2, 0.25) is 5.91 Å². The fourth-order valence-corrected chi connectivity index (χ4v) is 2.95. The number of aliphatic hydroxyl groups excluding tert-OH is 1. The van der Waals surface area contributed by atoms with Gasteiger partial charge < -0.3 is 15.2 Å². The van der Waals surface area contributed by atoms with E-state index in [4.69, 9.17) is 4.74 Å². The van der Waals surface area contributed by atoms with Crippen molar-refractivity contribution in [1.29, 1.82) is 0 Å². The van der Waals surface area contributed by atoms with Gasteiger partial charge in [0.1, 0.15) is 5.75 Å². The fraction of sp³-hybridized carbons (Fsp3) is 0.350. The second kappa shape index (κ2) is 8.00. The standard InChI is InChI=1S/C20H20F3NO3/c21-20(22,23)16-5-1-13(2-6-16)3-8-19(26)24-12-17(25)14-4-7-18-15(11-14)9-10-27-18/h1-2,4-7,11,17,25H,3,8-10,12H2,(H,24,26). The number of ether oxygens (including phenoxy) is 1. The van der Waals surface area contributed by atoms with Gasteiger partial charge in [0.25, 0.3) is 0 Å². The Labute approximate surface area is 155 Å². The van der Waals surface area contributed by atoms with E-state index < -0.39 is 17.8 Å². The summed E-state index contributed by atoms with van der Waals surface area (Å²) < 4.78 is 43.0. The molecule has 1 aliphatic heterocycles. The van der Waals surface area contributed by atoms with Crippen LogP contribution in [0.2, 0.25) is 0 Å². The largest absolute Gasteiger partial charge is 0.493 e. The zero-order valence-electron chi connectivity index (χ0n) is 14.6. The zero-order valence-corrected chi connectivity index (χ0v) is 14.6. The number of halogens is 3. The highest BCUT2D eigenvalue weighted by Crippen LogP contribution is 2.29. The molecule has 4 nitrogen and oxygen atoms in total. The van der Waals surface area contributed by atoms with Gasteiger partial charge in [-0.25, -0.2) is 0 Å². The Balaban J connectivity index is 1.45. The molecule has 0 bridgehead atoms. The molecule has 27 heavy (non-hydrogen) atoms. The maximum Gasteiger partial charge on any atom is 0.416 e. The highest BCUT2D eigenvalue weighted by molar-refractivity contribution is 5.76. The number of aliphatic hydroxyl groups is 1. The van der Waals surface area contributed by atoms with Crippen LogP contribution in [0.3, 0.4) is 0 Å². The van der Waals surface area contributed by atoms with Crippen LogP contribution in [0.4, 0.5) is 13.2 Å². The van der Waals surface area contributed by atoms with E-state index in [1.807, 2.05) is 12.1 Å². The number of benzene rings is 2. The second-order valence-corrected chi connectivity index (χ2v) is 6.48. The minimum Gasteiger partial charge on any atom is -0.493 e. The Hall–Kier alpha value is -2.54. The van der Waals surface area contributed by atoms with Gasteiger partial charge in [-0.2, -0.15) is 13.2 Å². The molecule has 0 saturated heterocycles. The second-order valence-electron chi connectivity index (χ2n) is 6.48. The average Bonchev–Trinajstić information content (AvgIpc) is 3.11. The third-order valence-electron chi connectivity index (χ3n) is 4.51. The molecule has 1 heterocycles. The van der Waals surface area contributed by atoms with Crippen LogP contribution in [0, 0.1) is 0 Å². The highest BCUT2D eigenvalue weighted by atomic mass is 19.4. The molecule has 1 amide bonds. The number of amides is 1. The van der Waals surface area contributed by atoms with Gasteiger partial charge in [-0.15, -0.1) is 0 Å². The lowest BCUT2D eigenvalue weighted by Gasteiger charge is -2.13. The van der Waals surface area contributed by atoms with Crippen LogP contribution in [-0.2, 0) is 23.8 Å². The Kier molecular flexibility index (Phi) is 5.70. The molecule has 7 heteroatoms. The number of carbonyl (C=O) groups is 1. The highest BCUT2D eigenvalue weighted by Gasteiger charge is 2.29. The van der Waals surface area contributed by atoms with Crippen molar-refractivity contribution in [2.24, 2.45) is 0 Å². The van der Waals surface area contributed by atoms with E-state index in [9.17, 15) is 23.1 Å². The summed E-state index contributed by atoms with van der Waals surface area (Å²) in [5.41, 5.74) is 1.69. The Morgan fingerprint density at radius 3 is 2.63 bits per heavy atom. The monoisotopic (exact) mass is 379 g/mol. The summed E-state index contributed by atoms with van der Waals surface area (Å²) in [5, 5.41) is 12.9. The first kappa shape index (κ1) is 19.2. The van der Waals surface area contributed by atoms with E-state index in [1.165, 1.54) is 12.1 Å². The first-order valence-corrected chi connectivity index (χ1v) is 8.69. The van der Waals surface area contributed by atoms with Crippen molar-refractivity contribution in [3.05, 3.63) is 64.7 Å². The maximum atomic E-state index is 12.5. The van der Waals surface area contributed by atoms with E-state index in [1.54, 1.807) is 6.07 Å². The minimum atomic E-state index is -4.37. The number of nitrogens with one attached hydrogen (secondary N) is 1. The van der Waals surface area contributed by atoms with Crippen molar-refractivity contribution in [1.82, 2.24) is 5.32 Å². The summed E-state index contributed by atoms with van der Waals surface area (Å²) in [7, 11) is 0. The Bertz CT molecular complexity index is 803. The molecule has 1 atom stereocenters. The van der Waals surface area contributed by atoms with Gasteiger partial charge in [0.15, 0.2) is 0 Å². The summed E-state index contributed by atoms with van der Waals surface area (Å²) in [4.78, 5) is 11.9. The molecule has 0 spiro atoms. The first-order valence-electron chi connectivity index (χ1n) is 8.69. The van der Waals surface area contributed by atoms with Gasteiger partial charge in [-0.05, 0) is 47.4 Å². The van der Waals surface area contributed by atoms with Crippen LogP contribution in [-0.4, -0.2) is 24.2 Å². The molecule has 1 aliphatic rings. The topological polar surface area (TPSA) is 58.6 Å². The van der Waals surface area contributed by atoms with Crippen LogP contribution in [0.1, 0.15) is 34.8 Å². The third kappa shape index (κ3) is 5.01. The number of alkyl halides is 3. The SMILES string of the molecule is O=C(CCc1ccc(C(F)(F)F)cc1)NCC(O)c1ccc2c(c1)CCO2. The number of hydrogen-bond acceptors (Lipinski definition) is 3. The molecule has 2 aromatic rings. The fourth-order valence-electron chi connectivity index (χ4n) is 2.95. The third-order valence-corrected chi connectivity index (χ3v) is 4.51. The summed E-state index contributed by atoms with van der Waals surface area (Å²) in [5.74, 6) is 0.560. The predicted octanol–water partition coefficient (Wildman–Crippen LogP) is 3.42. The van der Waals surface area contributed by atoms with Crippen molar-refractivity contribution in [2.75, 3.05) is 13.2 Å². The molecule has 0 aliphatic carbocycles. The van der Waals surface area contributed by atoms with Crippen molar-refractivity contribution in [3.8, 4) is 5.75 Å². The van der Waals surface area contributed by atoms with Crippen LogP contribution in [0.15, 0.2) is 42.5 Å². The van der Waals surface area contributed by atoms with Crippen molar-refractivity contribution in [3.63, 3.8) is 0 Å². The van der Waals surface area contributed by atoms with Crippen LogP contribution < -0.4 is 10.1 Å². The van der Waals surface area contributed by atoms with E-state index in [0.29, 0.717) is 24.2 Å². The number of fused-ring (bicyclic) bond motifs is 1. The molecular weight excluding hydrogens is 359 g/mol. The smallest absolute Gasteiger partial charge is 0.416 e. The van der Waals surface area contributed by atoms with Crippen molar-refractivity contribution in [2.45, 2.75) is 31.5 Å². The van der Waals surface area contributed by atoms with Gasteiger partial charge >= 0.3 is 6.18 Å². The lowest BCUT2D eigenvalue weighted by Crippen LogP contribution is -2.28. The molecule has 0 fully saturated rings. The predicted molar refractivity (Wildman–Crippen MR) is 93.4 cm³/mol. The average molecular weight is 379 g/mol. The Morgan fingerprint density at radius 2 is 1.93 bits per heavy atom. The normalized spacial score (nSPS) is 14.4. The van der Waals surface area contributed by atoms with Crippen LogP contribution >= 0.6 is 0 Å². The van der Waals surface area contributed by atoms with E-state index in [0.717, 1.165) is 29.9 Å². The molecule has 1 unspecified atom stereocenters. The number of hydrogen-bond donors (Lipinski definition) is 2. The van der Waals surface area contributed by atoms with Gasteiger partial charge in [-0.1, -0.05) is 18.2 Å². The van der Waals surface area contributed by atoms with Gasteiger partial charge in [-0.3, -0.25) is 4.79 Å². The molecule has 0 aromatic heterocycles. The summed E-state index contributed by atoms with van der Waals surface area (Å²) >= 11 is 0. The Morgan fingerprint density at radius 1 is 1.19 bits per heavy atom. The number of aryl methyl sites for hydroxylation is 1. The minimum absolute atomic E-state index is 0.0749. The lowest BCUT2D eigenvalue weighted by atomic mass is 10.0. The maximum absolute atomic E-state index is 12.5.